The molecule has 0 amide bonds. The first-order valence-electron chi connectivity index (χ1n) is 5.99. The van der Waals surface area contributed by atoms with E-state index in [0.29, 0.717) is 24.6 Å². The first-order valence-corrected chi connectivity index (χ1v) is 7.43. The Kier molecular flexibility index (Phi) is 3.72. The van der Waals surface area contributed by atoms with Gasteiger partial charge in [0.1, 0.15) is 5.82 Å². The van der Waals surface area contributed by atoms with Crippen molar-refractivity contribution in [3.63, 3.8) is 0 Å². The molecule has 0 radical (unpaired) electrons. The van der Waals surface area contributed by atoms with Gasteiger partial charge >= 0.3 is 10.2 Å². The summed E-state index contributed by atoms with van der Waals surface area (Å²) in [7, 11) is -3.49. The highest BCUT2D eigenvalue weighted by atomic mass is 32.2. The van der Waals surface area contributed by atoms with Gasteiger partial charge in [0.2, 0.25) is 0 Å². The zero-order valence-electron chi connectivity index (χ0n) is 10.4. The average Bonchev–Trinajstić information content (AvgIpc) is 2.34. The summed E-state index contributed by atoms with van der Waals surface area (Å²) in [5.41, 5.74) is 6.82. The predicted octanol–water partition coefficient (Wildman–Crippen LogP) is 1.11. The van der Waals surface area contributed by atoms with Gasteiger partial charge in [-0.05, 0) is 31.4 Å². The summed E-state index contributed by atoms with van der Waals surface area (Å²) in [5, 5.41) is 0. The molecule has 0 bridgehead atoms. The number of nitrogen functional groups attached to an aromatic ring is 1. The molecule has 6 nitrogen and oxygen atoms in total. The molecule has 100 valence electrons. The lowest BCUT2D eigenvalue weighted by molar-refractivity contribution is 0.349. The van der Waals surface area contributed by atoms with Crippen LogP contribution in [0.15, 0.2) is 12.3 Å². The van der Waals surface area contributed by atoms with Crippen molar-refractivity contribution in [2.45, 2.75) is 26.2 Å². The summed E-state index contributed by atoms with van der Waals surface area (Å²) in [5.74, 6) is 0.342. The number of aryl methyl sites for hydroxylation is 1. The molecule has 1 fully saturated rings. The smallest absolute Gasteiger partial charge is 0.302 e. The maximum atomic E-state index is 12.1. The Labute approximate surface area is 107 Å². The first kappa shape index (κ1) is 13.1. The van der Waals surface area contributed by atoms with Crippen LogP contribution in [0.3, 0.4) is 0 Å². The van der Waals surface area contributed by atoms with E-state index in [1.165, 1.54) is 10.5 Å². The summed E-state index contributed by atoms with van der Waals surface area (Å²) < 4.78 is 28.3. The van der Waals surface area contributed by atoms with Crippen LogP contribution in [0.25, 0.3) is 0 Å². The van der Waals surface area contributed by atoms with Crippen LogP contribution in [0.2, 0.25) is 0 Å². The van der Waals surface area contributed by atoms with Crippen molar-refractivity contribution in [1.82, 2.24) is 9.29 Å². The molecule has 18 heavy (non-hydrogen) atoms. The number of nitrogens with two attached hydrogens (primary N) is 1. The number of piperidine rings is 1. The van der Waals surface area contributed by atoms with Crippen LogP contribution in [-0.2, 0) is 10.2 Å². The highest BCUT2D eigenvalue weighted by Crippen LogP contribution is 2.18. The van der Waals surface area contributed by atoms with Gasteiger partial charge in [-0.25, -0.2) is 4.98 Å². The third kappa shape index (κ3) is 2.91. The van der Waals surface area contributed by atoms with E-state index in [0.717, 1.165) is 24.8 Å². The summed E-state index contributed by atoms with van der Waals surface area (Å²) in [4.78, 5) is 4.02. The Balaban J connectivity index is 2.16. The van der Waals surface area contributed by atoms with Gasteiger partial charge < -0.3 is 5.73 Å². The van der Waals surface area contributed by atoms with E-state index < -0.39 is 10.2 Å². The molecular weight excluding hydrogens is 252 g/mol. The molecule has 1 aromatic rings. The molecule has 2 heterocycles. The van der Waals surface area contributed by atoms with E-state index in [2.05, 4.69) is 9.71 Å². The second kappa shape index (κ2) is 5.11. The van der Waals surface area contributed by atoms with Gasteiger partial charge in [0.25, 0.3) is 0 Å². The van der Waals surface area contributed by atoms with E-state index >= 15 is 0 Å². The number of hydrogen-bond donors (Lipinski definition) is 2. The zero-order valence-corrected chi connectivity index (χ0v) is 11.2. The average molecular weight is 270 g/mol. The molecule has 0 aromatic carbocycles. The normalized spacial score (nSPS) is 17.6. The lowest BCUT2D eigenvalue weighted by Crippen LogP contribution is -2.39. The molecule has 2 rings (SSSR count). The number of nitrogens with zero attached hydrogens (tertiary/aromatic N) is 2. The lowest BCUT2D eigenvalue weighted by atomic mass is 10.2. The van der Waals surface area contributed by atoms with Gasteiger partial charge in [0, 0.05) is 13.1 Å². The highest BCUT2D eigenvalue weighted by Gasteiger charge is 2.24. The van der Waals surface area contributed by atoms with Crippen molar-refractivity contribution in [2.75, 3.05) is 23.5 Å². The highest BCUT2D eigenvalue weighted by molar-refractivity contribution is 7.90. The number of hydrogen-bond acceptors (Lipinski definition) is 4. The molecule has 3 N–H and O–H groups in total. The van der Waals surface area contributed by atoms with E-state index in [-0.39, 0.29) is 0 Å². The van der Waals surface area contributed by atoms with Crippen LogP contribution in [0.5, 0.6) is 0 Å². The molecule has 1 saturated heterocycles. The molecule has 1 aliphatic rings. The van der Waals surface area contributed by atoms with Crippen molar-refractivity contribution in [3.8, 4) is 0 Å². The molecule has 0 unspecified atom stereocenters. The summed E-state index contributed by atoms with van der Waals surface area (Å²) in [6, 6.07) is 1.70. The quantitative estimate of drug-likeness (QED) is 0.861. The number of pyridine rings is 1. The van der Waals surface area contributed by atoms with Crippen LogP contribution in [0.4, 0.5) is 11.5 Å². The third-order valence-electron chi connectivity index (χ3n) is 2.98. The minimum absolute atomic E-state index is 0.342. The SMILES string of the molecule is Cc1cc(N)cnc1NS(=O)(=O)N1CCCCC1. The number of anilines is 2. The Morgan fingerprint density at radius 3 is 2.61 bits per heavy atom. The molecule has 1 aliphatic heterocycles. The molecule has 0 spiro atoms. The zero-order chi connectivity index (χ0) is 13.2. The van der Waals surface area contributed by atoms with Crippen molar-refractivity contribution in [3.05, 3.63) is 17.8 Å². The monoisotopic (exact) mass is 270 g/mol. The van der Waals surface area contributed by atoms with E-state index in [9.17, 15) is 8.42 Å². The van der Waals surface area contributed by atoms with E-state index in [1.54, 1.807) is 13.0 Å². The lowest BCUT2D eigenvalue weighted by Gasteiger charge is -2.26. The molecule has 0 aliphatic carbocycles. The van der Waals surface area contributed by atoms with Crippen molar-refractivity contribution < 1.29 is 8.42 Å². The van der Waals surface area contributed by atoms with E-state index in [4.69, 9.17) is 5.73 Å². The van der Waals surface area contributed by atoms with Crippen LogP contribution in [-0.4, -0.2) is 30.8 Å². The Morgan fingerprint density at radius 2 is 2.00 bits per heavy atom. The fourth-order valence-corrected chi connectivity index (χ4v) is 3.32. The van der Waals surface area contributed by atoms with Crippen LogP contribution >= 0.6 is 0 Å². The summed E-state index contributed by atoms with van der Waals surface area (Å²) in [6.07, 6.45) is 4.36. The van der Waals surface area contributed by atoms with Crippen molar-refractivity contribution >= 4 is 21.7 Å². The minimum atomic E-state index is -3.49. The third-order valence-corrected chi connectivity index (χ3v) is 4.48. The fraction of sp³-hybridized carbons (Fsp3) is 0.545. The maximum Gasteiger partial charge on any atom is 0.302 e. The second-order valence-corrected chi connectivity index (χ2v) is 6.17. The van der Waals surface area contributed by atoms with E-state index in [1.807, 2.05) is 0 Å². The van der Waals surface area contributed by atoms with Gasteiger partial charge in [0.05, 0.1) is 11.9 Å². The molecule has 0 saturated carbocycles. The predicted molar refractivity (Wildman–Crippen MR) is 71.4 cm³/mol. The Bertz CT molecular complexity index is 524. The van der Waals surface area contributed by atoms with Crippen molar-refractivity contribution in [2.24, 2.45) is 0 Å². The van der Waals surface area contributed by atoms with Crippen LogP contribution < -0.4 is 10.5 Å². The number of nitrogens with one attached hydrogen (secondary N) is 1. The topological polar surface area (TPSA) is 88.3 Å². The number of aromatic nitrogens is 1. The Hall–Kier alpha value is -1.34. The summed E-state index contributed by atoms with van der Waals surface area (Å²) >= 11 is 0. The van der Waals surface area contributed by atoms with Gasteiger partial charge in [-0.1, -0.05) is 6.42 Å². The molecule has 0 atom stereocenters. The Morgan fingerprint density at radius 1 is 1.33 bits per heavy atom. The molecule has 7 heteroatoms. The first-order chi connectivity index (χ1) is 8.49. The minimum Gasteiger partial charge on any atom is -0.397 e. The van der Waals surface area contributed by atoms with Gasteiger partial charge in [-0.15, -0.1) is 0 Å². The van der Waals surface area contributed by atoms with Gasteiger partial charge in [0.15, 0.2) is 0 Å². The molecule has 1 aromatic heterocycles. The summed E-state index contributed by atoms with van der Waals surface area (Å²) in [6.45, 7) is 2.92. The van der Waals surface area contributed by atoms with Crippen LogP contribution in [0.1, 0.15) is 24.8 Å². The molecular formula is C11H18N4O2S. The fourth-order valence-electron chi connectivity index (χ4n) is 2.00. The number of rotatable bonds is 3. The van der Waals surface area contributed by atoms with Gasteiger partial charge in [-0.3, -0.25) is 4.72 Å². The van der Waals surface area contributed by atoms with Crippen molar-refractivity contribution in [1.29, 1.82) is 0 Å². The standard InChI is InChI=1S/C11H18N4O2S/c1-9-7-10(12)8-13-11(9)14-18(16,17)15-5-3-2-4-6-15/h7-8H,2-6,12H2,1H3,(H,13,14). The largest absolute Gasteiger partial charge is 0.397 e. The maximum absolute atomic E-state index is 12.1. The van der Waals surface area contributed by atoms with Gasteiger partial charge in [-0.2, -0.15) is 12.7 Å². The van der Waals surface area contributed by atoms with Crippen LogP contribution in [0, 0.1) is 6.92 Å². The second-order valence-electron chi connectivity index (χ2n) is 4.50.